The first kappa shape index (κ1) is 12.1. The largest absolute Gasteiger partial charge is 0.394 e. The Morgan fingerprint density at radius 2 is 2.25 bits per heavy atom. The second-order valence-electron chi connectivity index (χ2n) is 4.58. The third-order valence-electron chi connectivity index (χ3n) is 3.23. The summed E-state index contributed by atoms with van der Waals surface area (Å²) in [5, 5.41) is 12.9. The number of halogens is 1. The Morgan fingerprint density at radius 1 is 1.50 bits per heavy atom. The van der Waals surface area contributed by atoms with Crippen LogP contribution in [0.25, 0.3) is 0 Å². The molecule has 1 aliphatic rings. The maximum absolute atomic E-state index is 9.44. The first-order chi connectivity index (χ1) is 7.70. The van der Waals surface area contributed by atoms with Gasteiger partial charge < -0.3 is 10.4 Å². The van der Waals surface area contributed by atoms with E-state index in [0.717, 1.165) is 16.0 Å². The lowest BCUT2D eigenvalue weighted by atomic mass is 10.1. The van der Waals surface area contributed by atoms with Crippen molar-refractivity contribution >= 4 is 15.9 Å². The van der Waals surface area contributed by atoms with E-state index in [9.17, 15) is 5.11 Å². The van der Waals surface area contributed by atoms with Crippen LogP contribution >= 0.6 is 15.9 Å². The van der Waals surface area contributed by atoms with Gasteiger partial charge in [-0.25, -0.2) is 0 Å². The molecule has 1 fully saturated rings. The molecule has 2 unspecified atom stereocenters. The van der Waals surface area contributed by atoms with E-state index < -0.39 is 0 Å². The maximum atomic E-state index is 9.44. The molecule has 2 nitrogen and oxygen atoms in total. The molecule has 0 heterocycles. The molecule has 1 aromatic carbocycles. The number of benzene rings is 1. The van der Waals surface area contributed by atoms with Crippen molar-refractivity contribution < 1.29 is 5.11 Å². The Morgan fingerprint density at radius 3 is 2.81 bits per heavy atom. The fourth-order valence-corrected chi connectivity index (χ4v) is 2.44. The smallest absolute Gasteiger partial charge is 0.0626 e. The van der Waals surface area contributed by atoms with Gasteiger partial charge in [-0.2, -0.15) is 0 Å². The van der Waals surface area contributed by atoms with Crippen LogP contribution in [0.5, 0.6) is 0 Å². The quantitative estimate of drug-likeness (QED) is 0.871. The van der Waals surface area contributed by atoms with Crippen LogP contribution in [0.4, 0.5) is 0 Å². The van der Waals surface area contributed by atoms with E-state index in [1.165, 1.54) is 12.8 Å². The molecule has 1 aromatic rings. The molecule has 2 N–H and O–H groups in total. The van der Waals surface area contributed by atoms with Gasteiger partial charge in [-0.15, -0.1) is 0 Å². The molecular formula is C13H18BrNO. The second kappa shape index (κ2) is 5.30. The molecule has 0 aromatic heterocycles. The van der Waals surface area contributed by atoms with Gasteiger partial charge in [0.1, 0.15) is 0 Å². The summed E-state index contributed by atoms with van der Waals surface area (Å²) in [6.45, 7) is 2.35. The highest BCUT2D eigenvalue weighted by molar-refractivity contribution is 9.10. The summed E-state index contributed by atoms with van der Waals surface area (Å²) in [5.74, 6) is 0.807. The predicted octanol–water partition coefficient (Wildman–Crippen LogP) is 2.87. The van der Waals surface area contributed by atoms with Gasteiger partial charge in [0.2, 0.25) is 0 Å². The minimum Gasteiger partial charge on any atom is -0.394 e. The minimum atomic E-state index is 0.0492. The molecular weight excluding hydrogens is 266 g/mol. The molecule has 1 aliphatic carbocycles. The SMILES string of the molecule is CC(NC(CO)c1cccc(Br)c1)C1CC1. The Hall–Kier alpha value is -0.380. The maximum Gasteiger partial charge on any atom is 0.0626 e. The van der Waals surface area contributed by atoms with Gasteiger partial charge in [-0.05, 0) is 43.4 Å². The van der Waals surface area contributed by atoms with E-state index in [2.05, 4.69) is 40.3 Å². The first-order valence-electron chi connectivity index (χ1n) is 5.83. The number of aliphatic hydroxyl groups is 1. The van der Waals surface area contributed by atoms with Crippen LogP contribution < -0.4 is 5.32 Å². The Balaban J connectivity index is 2.03. The van der Waals surface area contributed by atoms with Gasteiger partial charge in [0, 0.05) is 10.5 Å². The number of nitrogens with one attached hydrogen (secondary N) is 1. The van der Waals surface area contributed by atoms with Crippen LogP contribution in [0, 0.1) is 5.92 Å². The third kappa shape index (κ3) is 3.06. The predicted molar refractivity (Wildman–Crippen MR) is 69.3 cm³/mol. The lowest BCUT2D eigenvalue weighted by Crippen LogP contribution is -2.34. The highest BCUT2D eigenvalue weighted by Gasteiger charge is 2.29. The fourth-order valence-electron chi connectivity index (χ4n) is 2.03. The standard InChI is InChI=1S/C13H18BrNO/c1-9(10-5-6-10)15-13(8-16)11-3-2-4-12(14)7-11/h2-4,7,9-10,13,15-16H,5-6,8H2,1H3. The van der Waals surface area contributed by atoms with Gasteiger partial charge in [0.25, 0.3) is 0 Å². The number of hydrogen-bond donors (Lipinski definition) is 2. The summed E-state index contributed by atoms with van der Waals surface area (Å²) < 4.78 is 1.06. The van der Waals surface area contributed by atoms with E-state index in [4.69, 9.17) is 0 Å². The van der Waals surface area contributed by atoms with Crippen molar-refractivity contribution in [3.63, 3.8) is 0 Å². The van der Waals surface area contributed by atoms with Crippen molar-refractivity contribution in [3.05, 3.63) is 34.3 Å². The Bertz CT molecular complexity index is 352. The van der Waals surface area contributed by atoms with E-state index >= 15 is 0 Å². The van der Waals surface area contributed by atoms with Crippen LogP contribution in [0.2, 0.25) is 0 Å². The fraction of sp³-hybridized carbons (Fsp3) is 0.538. The zero-order valence-corrected chi connectivity index (χ0v) is 11.1. The molecule has 2 atom stereocenters. The van der Waals surface area contributed by atoms with Crippen molar-refractivity contribution in [3.8, 4) is 0 Å². The third-order valence-corrected chi connectivity index (χ3v) is 3.72. The monoisotopic (exact) mass is 283 g/mol. The van der Waals surface area contributed by atoms with Crippen LogP contribution in [-0.4, -0.2) is 17.8 Å². The highest BCUT2D eigenvalue weighted by Crippen LogP contribution is 2.33. The first-order valence-corrected chi connectivity index (χ1v) is 6.62. The zero-order valence-electron chi connectivity index (χ0n) is 9.49. The van der Waals surface area contributed by atoms with Crippen LogP contribution in [0.3, 0.4) is 0 Å². The average molecular weight is 284 g/mol. The average Bonchev–Trinajstić information content (AvgIpc) is 3.09. The summed E-state index contributed by atoms with van der Waals surface area (Å²) in [7, 11) is 0. The Kier molecular flexibility index (Phi) is 4.00. The van der Waals surface area contributed by atoms with Gasteiger partial charge >= 0.3 is 0 Å². The number of rotatable bonds is 5. The second-order valence-corrected chi connectivity index (χ2v) is 5.50. The molecule has 16 heavy (non-hydrogen) atoms. The van der Waals surface area contributed by atoms with Crippen molar-refractivity contribution in [2.24, 2.45) is 5.92 Å². The summed E-state index contributed by atoms with van der Waals surface area (Å²) >= 11 is 3.46. The summed E-state index contributed by atoms with van der Waals surface area (Å²) in [6.07, 6.45) is 2.65. The lowest BCUT2D eigenvalue weighted by molar-refractivity contribution is 0.231. The summed E-state index contributed by atoms with van der Waals surface area (Å²) in [6, 6.07) is 8.67. The van der Waals surface area contributed by atoms with Crippen molar-refractivity contribution in [2.45, 2.75) is 31.8 Å². The van der Waals surface area contributed by atoms with Gasteiger partial charge in [0.15, 0.2) is 0 Å². The van der Waals surface area contributed by atoms with Crippen molar-refractivity contribution in [2.75, 3.05) is 6.61 Å². The molecule has 0 spiro atoms. The van der Waals surface area contributed by atoms with Crippen LogP contribution in [-0.2, 0) is 0 Å². The molecule has 1 saturated carbocycles. The summed E-state index contributed by atoms with van der Waals surface area (Å²) in [5.41, 5.74) is 1.14. The van der Waals surface area contributed by atoms with Crippen LogP contribution in [0.1, 0.15) is 31.4 Å². The normalized spacial score (nSPS) is 19.4. The van der Waals surface area contributed by atoms with Gasteiger partial charge in [-0.1, -0.05) is 28.1 Å². The molecule has 0 bridgehead atoms. The molecule has 3 heteroatoms. The minimum absolute atomic E-state index is 0.0492. The molecule has 0 amide bonds. The molecule has 88 valence electrons. The van der Waals surface area contributed by atoms with E-state index in [0.29, 0.717) is 6.04 Å². The van der Waals surface area contributed by atoms with E-state index in [1.807, 2.05) is 12.1 Å². The molecule has 0 aliphatic heterocycles. The van der Waals surface area contributed by atoms with Gasteiger partial charge in [0.05, 0.1) is 12.6 Å². The van der Waals surface area contributed by atoms with E-state index in [1.54, 1.807) is 0 Å². The molecule has 2 rings (SSSR count). The van der Waals surface area contributed by atoms with Crippen LogP contribution in [0.15, 0.2) is 28.7 Å². The Labute approximate surface area is 105 Å². The number of aliphatic hydroxyl groups excluding tert-OH is 1. The van der Waals surface area contributed by atoms with E-state index in [-0.39, 0.29) is 12.6 Å². The lowest BCUT2D eigenvalue weighted by Gasteiger charge is -2.22. The van der Waals surface area contributed by atoms with Crippen molar-refractivity contribution in [1.82, 2.24) is 5.32 Å². The van der Waals surface area contributed by atoms with Crippen molar-refractivity contribution in [1.29, 1.82) is 0 Å². The summed E-state index contributed by atoms with van der Waals surface area (Å²) in [4.78, 5) is 0. The topological polar surface area (TPSA) is 32.3 Å². The van der Waals surface area contributed by atoms with Gasteiger partial charge in [-0.3, -0.25) is 0 Å². The molecule has 0 radical (unpaired) electrons. The highest BCUT2D eigenvalue weighted by atomic mass is 79.9. The zero-order chi connectivity index (χ0) is 11.5. The molecule has 0 saturated heterocycles. The number of hydrogen-bond acceptors (Lipinski definition) is 2.